The van der Waals surface area contributed by atoms with Crippen LogP contribution in [0.1, 0.15) is 36.0 Å². The Labute approximate surface area is 180 Å². The van der Waals surface area contributed by atoms with Crippen molar-refractivity contribution >= 4 is 17.7 Å². The number of carboxylic acids is 2. The van der Waals surface area contributed by atoms with E-state index in [4.69, 9.17) is 14.9 Å². The van der Waals surface area contributed by atoms with Crippen molar-refractivity contribution in [1.82, 2.24) is 9.88 Å². The van der Waals surface area contributed by atoms with Crippen LogP contribution >= 0.6 is 0 Å². The van der Waals surface area contributed by atoms with E-state index in [1.165, 1.54) is 0 Å². The standard InChI is InChI=1S/C19H22N2O2.C4H4O4/c1-13(22)17(8-10-21(2)3)14-6-7-18-16(11-14)12-15-5-4-9-20-19(15)23-18;5-3(6)1-2-4(7)8/h4-7,9,11,17H,8,10,12H2,1-3H3;1-2H,(H,5,6)(H,7,8)/b;2-1-. The van der Waals surface area contributed by atoms with Crippen molar-refractivity contribution in [3.8, 4) is 11.6 Å². The molecule has 0 radical (unpaired) electrons. The monoisotopic (exact) mass is 426 g/mol. The number of pyridine rings is 1. The van der Waals surface area contributed by atoms with Crippen molar-refractivity contribution in [2.45, 2.75) is 25.7 Å². The smallest absolute Gasteiger partial charge is 0.328 e. The molecule has 1 unspecified atom stereocenters. The zero-order valence-corrected chi connectivity index (χ0v) is 17.7. The lowest BCUT2D eigenvalue weighted by Crippen LogP contribution is -2.19. The molecule has 1 aromatic carbocycles. The van der Waals surface area contributed by atoms with Gasteiger partial charge >= 0.3 is 11.9 Å². The third-order valence-corrected chi connectivity index (χ3v) is 4.65. The van der Waals surface area contributed by atoms with E-state index in [1.54, 1.807) is 13.1 Å². The van der Waals surface area contributed by atoms with Gasteiger partial charge in [0.2, 0.25) is 5.88 Å². The summed E-state index contributed by atoms with van der Waals surface area (Å²) in [4.78, 5) is 37.6. The zero-order chi connectivity index (χ0) is 23.0. The number of ether oxygens (including phenoxy) is 1. The predicted molar refractivity (Wildman–Crippen MR) is 115 cm³/mol. The lowest BCUT2D eigenvalue weighted by molar-refractivity contribution is -0.134. The molecule has 0 amide bonds. The SMILES string of the molecule is CC(=O)C(CCN(C)C)c1ccc2c(c1)Cc1cccnc1O2.O=C(O)/C=C\C(=O)O. The number of hydrogen-bond donors (Lipinski definition) is 2. The van der Waals surface area contributed by atoms with Gasteiger partial charge in [0.15, 0.2) is 0 Å². The molecule has 8 heteroatoms. The molecule has 1 aromatic heterocycles. The van der Waals surface area contributed by atoms with Crippen LogP contribution in [0.4, 0.5) is 0 Å². The normalized spacial score (nSPS) is 12.8. The van der Waals surface area contributed by atoms with Crippen LogP contribution < -0.4 is 4.74 Å². The number of carboxylic acid groups (broad SMARTS) is 2. The van der Waals surface area contributed by atoms with Gasteiger partial charge in [-0.2, -0.15) is 0 Å². The van der Waals surface area contributed by atoms with E-state index in [0.717, 1.165) is 41.8 Å². The summed E-state index contributed by atoms with van der Waals surface area (Å²) in [6.07, 6.45) is 4.49. The zero-order valence-electron chi connectivity index (χ0n) is 17.7. The molecule has 3 rings (SSSR count). The van der Waals surface area contributed by atoms with E-state index in [-0.39, 0.29) is 11.7 Å². The largest absolute Gasteiger partial charge is 0.478 e. The summed E-state index contributed by atoms with van der Waals surface area (Å²) < 4.78 is 5.87. The van der Waals surface area contributed by atoms with Gasteiger partial charge in [0.05, 0.1) is 0 Å². The number of aliphatic carboxylic acids is 2. The Balaban J connectivity index is 0.000000366. The fourth-order valence-corrected chi connectivity index (χ4v) is 3.15. The Bertz CT molecular complexity index is 968. The molecular formula is C23H26N2O6. The summed E-state index contributed by atoms with van der Waals surface area (Å²) in [6, 6.07) is 10.0. The second kappa shape index (κ2) is 11.0. The number of Topliss-reactive ketones (excluding diaryl/α,β-unsaturated/α-hetero) is 1. The van der Waals surface area contributed by atoms with Crippen molar-refractivity contribution in [3.63, 3.8) is 0 Å². The first-order valence-electron chi connectivity index (χ1n) is 9.71. The number of hydrogen-bond acceptors (Lipinski definition) is 6. The number of fused-ring (bicyclic) bond motifs is 2. The van der Waals surface area contributed by atoms with E-state index in [0.29, 0.717) is 18.0 Å². The molecule has 0 bridgehead atoms. The van der Waals surface area contributed by atoms with Gasteiger partial charge in [-0.25, -0.2) is 14.6 Å². The minimum Gasteiger partial charge on any atom is -0.478 e. The molecule has 2 heterocycles. The van der Waals surface area contributed by atoms with Crippen molar-refractivity contribution in [1.29, 1.82) is 0 Å². The number of aromatic nitrogens is 1. The van der Waals surface area contributed by atoms with Gasteiger partial charge in [-0.15, -0.1) is 0 Å². The van der Waals surface area contributed by atoms with Crippen LogP contribution in [0.2, 0.25) is 0 Å². The minimum atomic E-state index is -1.26. The summed E-state index contributed by atoms with van der Waals surface area (Å²) in [5.41, 5.74) is 3.29. The number of carbonyl (C=O) groups is 3. The van der Waals surface area contributed by atoms with Gasteiger partial charge in [-0.05, 0) is 57.2 Å². The predicted octanol–water partition coefficient (Wildman–Crippen LogP) is 3.11. The second-order valence-electron chi connectivity index (χ2n) is 7.38. The van der Waals surface area contributed by atoms with Crippen molar-refractivity contribution in [3.05, 3.63) is 65.4 Å². The van der Waals surface area contributed by atoms with Gasteiger partial charge in [0, 0.05) is 36.3 Å². The molecule has 0 fully saturated rings. The molecule has 1 aliphatic rings. The first-order chi connectivity index (χ1) is 14.7. The first kappa shape index (κ1) is 23.8. The summed E-state index contributed by atoms with van der Waals surface area (Å²) in [5.74, 6) is -0.832. The Morgan fingerprint density at radius 1 is 1.13 bits per heavy atom. The van der Waals surface area contributed by atoms with Crippen LogP contribution in [0.5, 0.6) is 11.6 Å². The van der Waals surface area contributed by atoms with E-state index >= 15 is 0 Å². The molecule has 0 aliphatic carbocycles. The fourth-order valence-electron chi connectivity index (χ4n) is 3.15. The van der Waals surface area contributed by atoms with Crippen molar-refractivity contribution in [2.24, 2.45) is 0 Å². The summed E-state index contributed by atoms with van der Waals surface area (Å²) in [7, 11) is 4.06. The van der Waals surface area contributed by atoms with Gasteiger partial charge in [-0.1, -0.05) is 18.2 Å². The van der Waals surface area contributed by atoms with Crippen LogP contribution in [-0.2, 0) is 20.8 Å². The number of carbonyl (C=O) groups excluding carboxylic acids is 1. The van der Waals surface area contributed by atoms with Crippen LogP contribution in [-0.4, -0.2) is 58.5 Å². The van der Waals surface area contributed by atoms with E-state index in [9.17, 15) is 14.4 Å². The molecule has 2 aromatic rings. The molecule has 31 heavy (non-hydrogen) atoms. The highest BCUT2D eigenvalue weighted by atomic mass is 16.5. The van der Waals surface area contributed by atoms with E-state index < -0.39 is 11.9 Å². The number of benzene rings is 1. The fraction of sp³-hybridized carbons (Fsp3) is 0.304. The topological polar surface area (TPSA) is 117 Å². The molecule has 8 nitrogen and oxygen atoms in total. The Kier molecular flexibility index (Phi) is 8.45. The molecule has 0 saturated heterocycles. The molecular weight excluding hydrogens is 400 g/mol. The van der Waals surface area contributed by atoms with Gasteiger partial charge in [0.1, 0.15) is 11.5 Å². The maximum atomic E-state index is 12.1. The van der Waals surface area contributed by atoms with Crippen LogP contribution in [0.25, 0.3) is 0 Å². The van der Waals surface area contributed by atoms with E-state index in [1.807, 2.05) is 38.4 Å². The summed E-state index contributed by atoms with van der Waals surface area (Å²) in [6.45, 7) is 2.57. The van der Waals surface area contributed by atoms with Crippen LogP contribution in [0, 0.1) is 0 Å². The lowest BCUT2D eigenvalue weighted by Gasteiger charge is -2.22. The number of rotatable bonds is 7. The van der Waals surface area contributed by atoms with Crippen LogP contribution in [0.15, 0.2) is 48.7 Å². The molecule has 1 aliphatic heterocycles. The molecule has 0 saturated carbocycles. The quantitative estimate of drug-likeness (QED) is 0.554. The third kappa shape index (κ3) is 7.35. The molecule has 1 atom stereocenters. The van der Waals surface area contributed by atoms with Gasteiger partial charge < -0.3 is 19.8 Å². The third-order valence-electron chi connectivity index (χ3n) is 4.65. The highest BCUT2D eigenvalue weighted by Crippen LogP contribution is 2.36. The average molecular weight is 426 g/mol. The number of ketones is 1. The lowest BCUT2D eigenvalue weighted by atomic mass is 9.89. The average Bonchev–Trinajstić information content (AvgIpc) is 2.70. The summed E-state index contributed by atoms with van der Waals surface area (Å²) in [5, 5.41) is 15.6. The van der Waals surface area contributed by atoms with Gasteiger partial charge in [-0.3, -0.25) is 4.79 Å². The summed E-state index contributed by atoms with van der Waals surface area (Å²) >= 11 is 0. The van der Waals surface area contributed by atoms with Crippen LogP contribution in [0.3, 0.4) is 0 Å². The van der Waals surface area contributed by atoms with E-state index in [2.05, 4.69) is 16.0 Å². The van der Waals surface area contributed by atoms with Crippen molar-refractivity contribution in [2.75, 3.05) is 20.6 Å². The highest BCUT2D eigenvalue weighted by Gasteiger charge is 2.22. The molecule has 164 valence electrons. The second-order valence-corrected chi connectivity index (χ2v) is 7.38. The number of nitrogens with zero attached hydrogens (tertiary/aromatic N) is 2. The maximum absolute atomic E-state index is 12.1. The van der Waals surface area contributed by atoms with Gasteiger partial charge in [0.25, 0.3) is 0 Å². The van der Waals surface area contributed by atoms with Crippen molar-refractivity contribution < 1.29 is 29.3 Å². The molecule has 0 spiro atoms. The Hall–Kier alpha value is -3.52. The Morgan fingerprint density at radius 3 is 2.39 bits per heavy atom. The minimum absolute atomic E-state index is 0.0574. The Morgan fingerprint density at radius 2 is 1.81 bits per heavy atom. The maximum Gasteiger partial charge on any atom is 0.328 e. The molecule has 2 N–H and O–H groups in total. The highest BCUT2D eigenvalue weighted by molar-refractivity contribution is 5.89. The first-order valence-corrected chi connectivity index (χ1v) is 9.71.